The van der Waals surface area contributed by atoms with Crippen molar-refractivity contribution in [2.75, 3.05) is 4.90 Å². The predicted octanol–water partition coefficient (Wildman–Crippen LogP) is 16.1. The first-order chi connectivity index (χ1) is 29.3. The zero-order valence-corrected chi connectivity index (χ0v) is 36.7. The molecule has 1 unspecified atom stereocenters. The minimum atomic E-state index is -0.323. The van der Waals surface area contributed by atoms with Crippen LogP contribution in [0.1, 0.15) is 99.9 Å². The smallest absolute Gasteiger partial charge is 0.0540 e. The third-order valence-electron chi connectivity index (χ3n) is 14.7. The van der Waals surface area contributed by atoms with E-state index in [-0.39, 0.29) is 21.7 Å². The van der Waals surface area contributed by atoms with Gasteiger partial charge in [0.15, 0.2) is 0 Å². The van der Waals surface area contributed by atoms with Crippen LogP contribution < -0.4 is 4.90 Å². The molecule has 3 aliphatic carbocycles. The lowest BCUT2D eigenvalue weighted by molar-refractivity contribution is 0.584. The SMILES string of the molecule is CC(C)(C)c1ccc2c(c1)C(C)(C)c1cccc(-c3ccccc3N(c3ccc4c(c3)-c3ccccc3C4(C)C)c3ccc4c(c3)C(C)(c3ccccc3)c3ccccc3-4)c1-2. The molecule has 8 aromatic carbocycles. The molecule has 11 rings (SSSR count). The summed E-state index contributed by atoms with van der Waals surface area (Å²) in [5.74, 6) is 0. The zero-order chi connectivity index (χ0) is 42.1. The second kappa shape index (κ2) is 13.0. The van der Waals surface area contributed by atoms with E-state index in [1.807, 2.05) is 0 Å². The quantitative estimate of drug-likeness (QED) is 0.168. The lowest BCUT2D eigenvalue weighted by Gasteiger charge is -2.32. The molecule has 0 radical (unpaired) electrons. The van der Waals surface area contributed by atoms with Crippen LogP contribution in [0.25, 0.3) is 44.5 Å². The number of anilines is 3. The van der Waals surface area contributed by atoms with Crippen molar-refractivity contribution in [3.05, 3.63) is 220 Å². The number of hydrogen-bond donors (Lipinski definition) is 0. The summed E-state index contributed by atoms with van der Waals surface area (Å²) in [5, 5.41) is 0. The first-order valence-corrected chi connectivity index (χ1v) is 22.0. The minimum Gasteiger partial charge on any atom is -0.310 e. The Hall–Kier alpha value is -6.44. The maximum atomic E-state index is 2.54. The van der Waals surface area contributed by atoms with Crippen LogP contribution in [0.5, 0.6) is 0 Å². The Balaban J connectivity index is 1.17. The molecular weight excluding hydrogens is 735 g/mol. The van der Waals surface area contributed by atoms with E-state index in [2.05, 4.69) is 236 Å². The number of fused-ring (bicyclic) bond motifs is 9. The molecule has 3 aliphatic rings. The second-order valence-corrected chi connectivity index (χ2v) is 19.9. The van der Waals surface area contributed by atoms with Gasteiger partial charge in [0, 0.05) is 33.2 Å². The van der Waals surface area contributed by atoms with Crippen LogP contribution in [0.4, 0.5) is 17.1 Å². The van der Waals surface area contributed by atoms with Crippen molar-refractivity contribution in [3.63, 3.8) is 0 Å². The normalized spacial score (nSPS) is 17.2. The van der Waals surface area contributed by atoms with Crippen molar-refractivity contribution in [2.24, 2.45) is 0 Å². The third-order valence-corrected chi connectivity index (χ3v) is 14.7. The Kier molecular flexibility index (Phi) is 8.02. The molecule has 0 heterocycles. The predicted molar refractivity (Wildman–Crippen MR) is 258 cm³/mol. The molecule has 0 bridgehead atoms. The largest absolute Gasteiger partial charge is 0.310 e. The van der Waals surface area contributed by atoms with E-state index in [0.29, 0.717) is 0 Å². The van der Waals surface area contributed by atoms with Gasteiger partial charge in [-0.2, -0.15) is 0 Å². The van der Waals surface area contributed by atoms with Gasteiger partial charge in [-0.15, -0.1) is 0 Å². The standard InChI is InChI=1S/C60H53N/c1-57(2,3)39-29-32-47-53(35-39)59(6,7)52-27-18-24-46(56(47)52)45-23-14-17-28-55(45)61(40-31-34-50-48(36-40)43-22-12-15-25-49(43)58(50,4)5)41-30-33-44-42-21-13-16-26-51(42)60(8,54(44)37-41)38-19-10-9-11-20-38/h9-37H,1-8H3. The van der Waals surface area contributed by atoms with Crippen LogP contribution in [0, 0.1) is 0 Å². The third kappa shape index (κ3) is 5.32. The summed E-state index contributed by atoms with van der Waals surface area (Å²) >= 11 is 0. The van der Waals surface area contributed by atoms with Crippen LogP contribution in [-0.2, 0) is 21.7 Å². The molecule has 0 N–H and O–H groups in total. The first-order valence-electron chi connectivity index (χ1n) is 22.0. The molecule has 0 aliphatic heterocycles. The molecule has 1 atom stereocenters. The van der Waals surface area contributed by atoms with E-state index in [1.165, 1.54) is 89.0 Å². The number of hydrogen-bond acceptors (Lipinski definition) is 1. The van der Waals surface area contributed by atoms with Gasteiger partial charge in [0.1, 0.15) is 0 Å². The van der Waals surface area contributed by atoms with Gasteiger partial charge in [0.2, 0.25) is 0 Å². The summed E-state index contributed by atoms with van der Waals surface area (Å²) in [6, 6.07) is 66.8. The van der Waals surface area contributed by atoms with Gasteiger partial charge < -0.3 is 4.90 Å². The van der Waals surface area contributed by atoms with E-state index >= 15 is 0 Å². The van der Waals surface area contributed by atoms with Crippen LogP contribution in [0.15, 0.2) is 176 Å². The van der Waals surface area contributed by atoms with Gasteiger partial charge in [0.25, 0.3) is 0 Å². The van der Waals surface area contributed by atoms with Gasteiger partial charge >= 0.3 is 0 Å². The maximum absolute atomic E-state index is 2.54. The topological polar surface area (TPSA) is 3.24 Å². The average Bonchev–Trinajstić information content (AvgIpc) is 3.77. The van der Waals surface area contributed by atoms with Crippen molar-refractivity contribution >= 4 is 17.1 Å². The molecule has 0 amide bonds. The molecule has 8 aromatic rings. The van der Waals surface area contributed by atoms with Crippen molar-refractivity contribution < 1.29 is 0 Å². The maximum Gasteiger partial charge on any atom is 0.0540 e. The summed E-state index contributed by atoms with van der Waals surface area (Å²) < 4.78 is 0. The molecule has 0 aromatic heterocycles. The Morgan fingerprint density at radius 1 is 0.361 bits per heavy atom. The number of rotatable bonds is 5. The van der Waals surface area contributed by atoms with E-state index < -0.39 is 0 Å². The van der Waals surface area contributed by atoms with E-state index in [4.69, 9.17) is 0 Å². The fourth-order valence-corrected chi connectivity index (χ4v) is 11.4. The van der Waals surface area contributed by atoms with Gasteiger partial charge in [-0.25, -0.2) is 0 Å². The monoisotopic (exact) mass is 787 g/mol. The fraction of sp³-hybridized carbons (Fsp3) is 0.200. The highest BCUT2D eigenvalue weighted by atomic mass is 15.1. The summed E-state index contributed by atoms with van der Waals surface area (Å²) in [7, 11) is 0. The highest BCUT2D eigenvalue weighted by Gasteiger charge is 2.42. The van der Waals surface area contributed by atoms with Gasteiger partial charge in [-0.1, -0.05) is 194 Å². The summed E-state index contributed by atoms with van der Waals surface area (Å²) in [5.41, 5.74) is 24.4. The molecule has 0 spiro atoms. The molecule has 0 saturated heterocycles. The summed E-state index contributed by atoms with van der Waals surface area (Å²) in [4.78, 5) is 2.54. The van der Waals surface area contributed by atoms with Gasteiger partial charge in [-0.3, -0.25) is 0 Å². The molecular formula is C60H53N. The van der Waals surface area contributed by atoms with Crippen molar-refractivity contribution in [3.8, 4) is 44.5 Å². The molecule has 298 valence electrons. The van der Waals surface area contributed by atoms with Crippen LogP contribution in [0.2, 0.25) is 0 Å². The Bertz CT molecular complexity index is 3080. The molecule has 1 heteroatoms. The van der Waals surface area contributed by atoms with E-state index in [9.17, 15) is 0 Å². The first kappa shape index (κ1) is 37.6. The van der Waals surface area contributed by atoms with Gasteiger partial charge in [0.05, 0.1) is 5.69 Å². The second-order valence-electron chi connectivity index (χ2n) is 19.9. The minimum absolute atomic E-state index is 0.0647. The Labute approximate surface area is 362 Å². The average molecular weight is 788 g/mol. The molecule has 0 fully saturated rings. The Morgan fingerprint density at radius 2 is 0.902 bits per heavy atom. The van der Waals surface area contributed by atoms with Crippen molar-refractivity contribution in [1.29, 1.82) is 0 Å². The molecule has 0 saturated carbocycles. The lowest BCUT2D eigenvalue weighted by Crippen LogP contribution is -2.23. The summed E-state index contributed by atoms with van der Waals surface area (Å²) in [6.45, 7) is 18.9. The van der Waals surface area contributed by atoms with Crippen molar-refractivity contribution in [1.82, 2.24) is 0 Å². The molecule has 61 heavy (non-hydrogen) atoms. The summed E-state index contributed by atoms with van der Waals surface area (Å²) in [6.07, 6.45) is 0. The van der Waals surface area contributed by atoms with Crippen LogP contribution >= 0.6 is 0 Å². The van der Waals surface area contributed by atoms with Crippen LogP contribution in [-0.4, -0.2) is 0 Å². The highest BCUT2D eigenvalue weighted by molar-refractivity contribution is 5.99. The highest BCUT2D eigenvalue weighted by Crippen LogP contribution is 2.57. The number of benzene rings is 8. The van der Waals surface area contributed by atoms with E-state index in [1.54, 1.807) is 0 Å². The van der Waals surface area contributed by atoms with E-state index in [0.717, 1.165) is 17.1 Å². The van der Waals surface area contributed by atoms with Gasteiger partial charge in [-0.05, 0) is 126 Å². The Morgan fingerprint density at radius 3 is 1.66 bits per heavy atom. The molecule has 1 nitrogen and oxygen atoms in total. The number of nitrogens with zero attached hydrogens (tertiary/aromatic N) is 1. The fourth-order valence-electron chi connectivity index (χ4n) is 11.4. The van der Waals surface area contributed by atoms with Crippen LogP contribution in [0.3, 0.4) is 0 Å². The zero-order valence-electron chi connectivity index (χ0n) is 36.7. The lowest BCUT2D eigenvalue weighted by atomic mass is 9.74. The number of para-hydroxylation sites is 1. The van der Waals surface area contributed by atoms with Crippen molar-refractivity contribution in [2.45, 2.75) is 77.0 Å².